The van der Waals surface area contributed by atoms with Crippen molar-refractivity contribution in [3.8, 4) is 5.75 Å². The molecule has 1 fully saturated rings. The average Bonchev–Trinajstić information content (AvgIpc) is 2.78. The van der Waals surface area contributed by atoms with Gasteiger partial charge in [-0.15, -0.1) is 11.8 Å². The fraction of sp³-hybridized carbons (Fsp3) is 0.409. The second-order valence-electron chi connectivity index (χ2n) is 7.33. The predicted molar refractivity (Wildman–Crippen MR) is 119 cm³/mol. The standard InChI is InChI=1S/C22H28N2O4S2/c1-17-5-9-20(10-6-17)29-15-13-23-22(25)18-4-3-14-24(16-18)30(26,27)21-11-7-19(28-2)8-12-21/h5-12,18H,3-4,13-16H2,1-2H3,(H,23,25)/t18-/m1/s1. The van der Waals surface area contributed by atoms with Crippen LogP contribution in [0.5, 0.6) is 5.75 Å². The van der Waals surface area contributed by atoms with Crippen LogP contribution in [0.4, 0.5) is 0 Å². The molecule has 2 aromatic rings. The SMILES string of the molecule is COc1ccc(S(=O)(=O)N2CCC[C@@H](C(=O)NCCSc3ccc(C)cc3)C2)cc1. The summed E-state index contributed by atoms with van der Waals surface area (Å²) in [4.78, 5) is 14.0. The van der Waals surface area contributed by atoms with Gasteiger partial charge in [0.2, 0.25) is 15.9 Å². The number of rotatable bonds is 8. The molecule has 0 bridgehead atoms. The first-order valence-electron chi connectivity index (χ1n) is 10.0. The van der Waals surface area contributed by atoms with Gasteiger partial charge in [-0.25, -0.2) is 8.42 Å². The zero-order valence-electron chi connectivity index (χ0n) is 17.3. The molecule has 1 saturated heterocycles. The molecule has 1 amide bonds. The summed E-state index contributed by atoms with van der Waals surface area (Å²) in [6.07, 6.45) is 1.37. The lowest BCUT2D eigenvalue weighted by molar-refractivity contribution is -0.125. The molecule has 6 nitrogen and oxygen atoms in total. The number of sulfonamides is 1. The summed E-state index contributed by atoms with van der Waals surface area (Å²) in [6, 6.07) is 14.6. The smallest absolute Gasteiger partial charge is 0.243 e. The topological polar surface area (TPSA) is 75.7 Å². The van der Waals surface area contributed by atoms with Crippen molar-refractivity contribution in [3.63, 3.8) is 0 Å². The van der Waals surface area contributed by atoms with E-state index in [-0.39, 0.29) is 23.3 Å². The summed E-state index contributed by atoms with van der Waals surface area (Å²) < 4.78 is 32.4. The molecule has 1 aliphatic heterocycles. The highest BCUT2D eigenvalue weighted by atomic mass is 32.2. The van der Waals surface area contributed by atoms with Crippen LogP contribution in [0, 0.1) is 12.8 Å². The highest BCUT2D eigenvalue weighted by Crippen LogP contribution is 2.25. The molecule has 0 unspecified atom stereocenters. The van der Waals surface area contributed by atoms with E-state index in [2.05, 4.69) is 36.5 Å². The first kappa shape index (κ1) is 22.7. The Morgan fingerprint density at radius 1 is 1.17 bits per heavy atom. The van der Waals surface area contributed by atoms with Crippen LogP contribution in [0.15, 0.2) is 58.3 Å². The van der Waals surface area contributed by atoms with Gasteiger partial charge in [0, 0.05) is 30.3 Å². The first-order chi connectivity index (χ1) is 14.4. The molecule has 0 saturated carbocycles. The maximum Gasteiger partial charge on any atom is 0.243 e. The van der Waals surface area contributed by atoms with Crippen LogP contribution in [0.1, 0.15) is 18.4 Å². The molecule has 0 spiro atoms. The number of nitrogens with one attached hydrogen (secondary N) is 1. The third-order valence-electron chi connectivity index (χ3n) is 5.14. The van der Waals surface area contributed by atoms with Gasteiger partial charge in [-0.1, -0.05) is 17.7 Å². The molecule has 1 N–H and O–H groups in total. The summed E-state index contributed by atoms with van der Waals surface area (Å²) >= 11 is 1.69. The van der Waals surface area contributed by atoms with Crippen molar-refractivity contribution in [1.29, 1.82) is 0 Å². The second-order valence-corrected chi connectivity index (χ2v) is 10.4. The van der Waals surface area contributed by atoms with E-state index in [1.807, 2.05) is 0 Å². The van der Waals surface area contributed by atoms with Crippen molar-refractivity contribution in [2.45, 2.75) is 29.6 Å². The van der Waals surface area contributed by atoms with Crippen molar-refractivity contribution in [2.24, 2.45) is 5.92 Å². The normalized spacial score (nSPS) is 17.5. The number of thioether (sulfide) groups is 1. The minimum atomic E-state index is -3.62. The van der Waals surface area contributed by atoms with Gasteiger partial charge in [0.15, 0.2) is 0 Å². The van der Waals surface area contributed by atoms with Gasteiger partial charge in [0.1, 0.15) is 5.75 Å². The molecule has 2 aromatic carbocycles. The molecular weight excluding hydrogens is 420 g/mol. The summed E-state index contributed by atoms with van der Waals surface area (Å²) in [5, 5.41) is 2.96. The maximum absolute atomic E-state index is 12.9. The average molecular weight is 449 g/mol. The van der Waals surface area contributed by atoms with E-state index >= 15 is 0 Å². The summed E-state index contributed by atoms with van der Waals surface area (Å²) in [6.45, 7) is 3.25. The molecular formula is C22H28N2O4S2. The lowest BCUT2D eigenvalue weighted by Crippen LogP contribution is -2.45. The summed E-state index contributed by atoms with van der Waals surface area (Å²) in [7, 11) is -2.09. The molecule has 0 radical (unpaired) electrons. The molecule has 1 aliphatic rings. The van der Waals surface area contributed by atoms with Crippen LogP contribution in [-0.2, 0) is 14.8 Å². The van der Waals surface area contributed by atoms with Gasteiger partial charge in [-0.2, -0.15) is 4.31 Å². The van der Waals surface area contributed by atoms with Gasteiger partial charge in [0.05, 0.1) is 17.9 Å². The lowest BCUT2D eigenvalue weighted by Gasteiger charge is -2.31. The Morgan fingerprint density at radius 2 is 1.87 bits per heavy atom. The zero-order chi connectivity index (χ0) is 21.6. The Labute approximate surface area is 183 Å². The van der Waals surface area contributed by atoms with Crippen LogP contribution in [0.25, 0.3) is 0 Å². The second kappa shape index (κ2) is 10.3. The third-order valence-corrected chi connectivity index (χ3v) is 8.04. The number of nitrogens with zero attached hydrogens (tertiary/aromatic N) is 1. The zero-order valence-corrected chi connectivity index (χ0v) is 19.0. The number of amides is 1. The fourth-order valence-corrected chi connectivity index (χ4v) is 5.69. The number of carbonyl (C=O) groups is 1. The van der Waals surface area contributed by atoms with Crippen molar-refractivity contribution in [1.82, 2.24) is 9.62 Å². The minimum Gasteiger partial charge on any atom is -0.497 e. The number of carbonyl (C=O) groups excluding carboxylic acids is 1. The van der Waals surface area contributed by atoms with Crippen LogP contribution in [0.3, 0.4) is 0 Å². The largest absolute Gasteiger partial charge is 0.497 e. The number of hydrogen-bond donors (Lipinski definition) is 1. The van der Waals surface area contributed by atoms with Crippen molar-refractivity contribution < 1.29 is 17.9 Å². The van der Waals surface area contributed by atoms with Gasteiger partial charge < -0.3 is 10.1 Å². The van der Waals surface area contributed by atoms with E-state index in [0.29, 0.717) is 31.7 Å². The Hall–Kier alpha value is -2.03. The molecule has 0 aliphatic carbocycles. The van der Waals surface area contributed by atoms with Crippen LogP contribution in [0.2, 0.25) is 0 Å². The highest BCUT2D eigenvalue weighted by molar-refractivity contribution is 7.99. The number of hydrogen-bond acceptors (Lipinski definition) is 5. The number of aryl methyl sites for hydroxylation is 1. The number of piperidine rings is 1. The Balaban J connectivity index is 1.51. The van der Waals surface area contributed by atoms with Gasteiger partial charge in [-0.05, 0) is 56.2 Å². The molecule has 1 atom stereocenters. The van der Waals surface area contributed by atoms with Gasteiger partial charge in [-0.3, -0.25) is 4.79 Å². The number of methoxy groups -OCH3 is 1. The summed E-state index contributed by atoms with van der Waals surface area (Å²) in [5.41, 5.74) is 1.22. The molecule has 3 rings (SSSR count). The van der Waals surface area contributed by atoms with E-state index in [4.69, 9.17) is 4.74 Å². The Kier molecular flexibility index (Phi) is 7.80. The van der Waals surface area contributed by atoms with Crippen LogP contribution in [-0.4, -0.2) is 51.1 Å². The molecule has 1 heterocycles. The number of benzene rings is 2. The van der Waals surface area contributed by atoms with Crippen molar-refractivity contribution >= 4 is 27.7 Å². The van der Waals surface area contributed by atoms with E-state index in [0.717, 1.165) is 5.75 Å². The predicted octanol–water partition coefficient (Wildman–Crippen LogP) is 3.31. The van der Waals surface area contributed by atoms with Crippen molar-refractivity contribution in [3.05, 3.63) is 54.1 Å². The van der Waals surface area contributed by atoms with E-state index < -0.39 is 10.0 Å². The monoisotopic (exact) mass is 448 g/mol. The lowest BCUT2D eigenvalue weighted by atomic mass is 9.99. The quantitative estimate of drug-likeness (QED) is 0.495. The van der Waals surface area contributed by atoms with E-state index in [1.54, 1.807) is 36.0 Å². The third kappa shape index (κ3) is 5.77. The molecule has 0 aromatic heterocycles. The highest BCUT2D eigenvalue weighted by Gasteiger charge is 2.33. The van der Waals surface area contributed by atoms with Crippen LogP contribution >= 0.6 is 11.8 Å². The molecule has 8 heteroatoms. The molecule has 30 heavy (non-hydrogen) atoms. The Bertz CT molecular complexity index is 944. The minimum absolute atomic E-state index is 0.0749. The first-order valence-corrected chi connectivity index (χ1v) is 12.4. The van der Waals surface area contributed by atoms with Crippen LogP contribution < -0.4 is 10.1 Å². The summed E-state index contributed by atoms with van der Waals surface area (Å²) in [5.74, 6) is 0.980. The van der Waals surface area contributed by atoms with E-state index in [1.165, 1.54) is 21.9 Å². The maximum atomic E-state index is 12.9. The Morgan fingerprint density at radius 3 is 2.53 bits per heavy atom. The van der Waals surface area contributed by atoms with Gasteiger partial charge >= 0.3 is 0 Å². The van der Waals surface area contributed by atoms with Crippen molar-refractivity contribution in [2.75, 3.05) is 32.5 Å². The fourth-order valence-electron chi connectivity index (χ4n) is 3.39. The van der Waals surface area contributed by atoms with E-state index in [9.17, 15) is 13.2 Å². The van der Waals surface area contributed by atoms with Gasteiger partial charge in [0.25, 0.3) is 0 Å². The molecule has 162 valence electrons. The number of ether oxygens (including phenoxy) is 1.